The van der Waals surface area contributed by atoms with Crippen LogP contribution in [0, 0.1) is 0 Å². The van der Waals surface area contributed by atoms with Gasteiger partial charge in [0.15, 0.2) is 6.61 Å². The molecule has 0 aliphatic carbocycles. The number of fused-ring (bicyclic) bond motifs is 1. The summed E-state index contributed by atoms with van der Waals surface area (Å²) in [7, 11) is 1.67. The Morgan fingerprint density at radius 1 is 0.935 bits per heavy atom. The lowest BCUT2D eigenvalue weighted by molar-refractivity contribution is -0.120. The summed E-state index contributed by atoms with van der Waals surface area (Å²) in [6, 6.07) is 21.2. The molecule has 3 aromatic carbocycles. The van der Waals surface area contributed by atoms with Crippen molar-refractivity contribution < 1.29 is 19.1 Å². The Balaban J connectivity index is 1.37. The Labute approximate surface area is 179 Å². The molecule has 1 aliphatic heterocycles. The Bertz CT molecular complexity index is 1130. The van der Waals surface area contributed by atoms with Crippen LogP contribution in [0.3, 0.4) is 0 Å². The van der Waals surface area contributed by atoms with Crippen LogP contribution < -0.4 is 20.3 Å². The maximum atomic E-state index is 12.6. The first kappa shape index (κ1) is 20.2. The highest BCUT2D eigenvalue weighted by Gasteiger charge is 2.22. The number of ether oxygens (including phenoxy) is 1. The number of amides is 3. The van der Waals surface area contributed by atoms with E-state index in [1.807, 2.05) is 18.2 Å². The van der Waals surface area contributed by atoms with Gasteiger partial charge in [-0.1, -0.05) is 30.3 Å². The number of likely N-dealkylation sites (N-methyl/N-ethyl adjacent to an activating group) is 1. The van der Waals surface area contributed by atoms with Crippen molar-refractivity contribution in [1.29, 1.82) is 0 Å². The third-order valence-electron chi connectivity index (χ3n) is 5.01. The van der Waals surface area contributed by atoms with Crippen molar-refractivity contribution in [3.63, 3.8) is 0 Å². The van der Waals surface area contributed by atoms with Crippen molar-refractivity contribution in [2.75, 3.05) is 23.9 Å². The number of anilines is 2. The summed E-state index contributed by atoms with van der Waals surface area (Å²) >= 11 is 0. The maximum Gasteiger partial charge on any atom is 0.264 e. The highest BCUT2D eigenvalue weighted by atomic mass is 16.5. The van der Waals surface area contributed by atoms with E-state index < -0.39 is 0 Å². The predicted octanol–water partition coefficient (Wildman–Crippen LogP) is 3.22. The van der Waals surface area contributed by atoms with Gasteiger partial charge in [0.05, 0.1) is 5.69 Å². The average Bonchev–Trinajstić information content (AvgIpc) is 2.81. The molecule has 1 aliphatic rings. The number of hydrogen-bond donors (Lipinski definition) is 2. The summed E-state index contributed by atoms with van der Waals surface area (Å²) in [5, 5.41) is 5.69. The molecular weight excluding hydrogens is 394 g/mol. The number of rotatable bonds is 5. The van der Waals surface area contributed by atoms with Crippen molar-refractivity contribution in [2.45, 2.75) is 6.54 Å². The van der Waals surface area contributed by atoms with Crippen molar-refractivity contribution in [2.24, 2.45) is 0 Å². The van der Waals surface area contributed by atoms with Gasteiger partial charge in [-0.3, -0.25) is 14.4 Å². The fourth-order valence-corrected chi connectivity index (χ4v) is 3.20. The molecule has 0 radical (unpaired) electrons. The second-order valence-electron chi connectivity index (χ2n) is 7.12. The first-order valence-electron chi connectivity index (χ1n) is 9.78. The molecule has 1 heterocycles. The van der Waals surface area contributed by atoms with Crippen molar-refractivity contribution in [3.05, 3.63) is 89.5 Å². The predicted molar refractivity (Wildman–Crippen MR) is 117 cm³/mol. The largest absolute Gasteiger partial charge is 0.482 e. The van der Waals surface area contributed by atoms with Crippen LogP contribution in [0.2, 0.25) is 0 Å². The SMILES string of the molecule is CN1C(=O)COc2ccc(NC(=O)c3ccc(CNC(=O)c4ccccc4)cc3)cc21. The topological polar surface area (TPSA) is 87.7 Å². The average molecular weight is 415 g/mol. The first-order chi connectivity index (χ1) is 15.0. The molecular formula is C24H21N3O4. The van der Waals surface area contributed by atoms with Crippen LogP contribution in [-0.4, -0.2) is 31.4 Å². The lowest BCUT2D eigenvalue weighted by Gasteiger charge is -2.26. The molecule has 4 rings (SSSR count). The molecule has 0 atom stereocenters. The van der Waals surface area contributed by atoms with Crippen LogP contribution in [0.15, 0.2) is 72.8 Å². The molecule has 3 aromatic rings. The summed E-state index contributed by atoms with van der Waals surface area (Å²) in [6.07, 6.45) is 0. The van der Waals surface area contributed by atoms with Gasteiger partial charge in [0, 0.05) is 30.4 Å². The van der Waals surface area contributed by atoms with Crippen LogP contribution in [-0.2, 0) is 11.3 Å². The lowest BCUT2D eigenvalue weighted by Crippen LogP contribution is -2.35. The normalized spacial score (nSPS) is 12.5. The monoisotopic (exact) mass is 415 g/mol. The van der Waals surface area contributed by atoms with Gasteiger partial charge in [0.2, 0.25) is 0 Å². The van der Waals surface area contributed by atoms with E-state index in [4.69, 9.17) is 4.74 Å². The van der Waals surface area contributed by atoms with E-state index in [0.29, 0.717) is 34.8 Å². The summed E-state index contributed by atoms with van der Waals surface area (Å²) in [6.45, 7) is 0.369. The molecule has 0 saturated carbocycles. The molecule has 0 unspecified atom stereocenters. The van der Waals surface area contributed by atoms with Gasteiger partial charge in [-0.05, 0) is 48.0 Å². The second-order valence-corrected chi connectivity index (χ2v) is 7.12. The van der Waals surface area contributed by atoms with Gasteiger partial charge >= 0.3 is 0 Å². The molecule has 7 nitrogen and oxygen atoms in total. The smallest absolute Gasteiger partial charge is 0.264 e. The van der Waals surface area contributed by atoms with Gasteiger partial charge in [0.1, 0.15) is 5.75 Å². The molecule has 0 saturated heterocycles. The van der Waals surface area contributed by atoms with Crippen molar-refractivity contribution >= 4 is 29.1 Å². The van der Waals surface area contributed by atoms with E-state index >= 15 is 0 Å². The Morgan fingerprint density at radius 3 is 2.39 bits per heavy atom. The number of carbonyl (C=O) groups is 3. The molecule has 3 amide bonds. The van der Waals surface area contributed by atoms with Gasteiger partial charge in [-0.25, -0.2) is 0 Å². The number of nitrogens with one attached hydrogen (secondary N) is 2. The minimum atomic E-state index is -0.273. The van der Waals surface area contributed by atoms with Gasteiger partial charge in [0.25, 0.3) is 17.7 Å². The quantitative estimate of drug-likeness (QED) is 0.670. The maximum absolute atomic E-state index is 12.6. The third kappa shape index (κ3) is 4.56. The van der Waals surface area contributed by atoms with E-state index in [1.54, 1.807) is 61.6 Å². The van der Waals surface area contributed by atoms with E-state index in [2.05, 4.69) is 10.6 Å². The van der Waals surface area contributed by atoms with E-state index in [1.165, 1.54) is 4.90 Å². The van der Waals surface area contributed by atoms with Crippen molar-refractivity contribution in [3.8, 4) is 5.75 Å². The van der Waals surface area contributed by atoms with E-state index in [0.717, 1.165) is 5.56 Å². The minimum Gasteiger partial charge on any atom is -0.482 e. The number of nitrogens with zero attached hydrogens (tertiary/aromatic N) is 1. The highest BCUT2D eigenvalue weighted by Crippen LogP contribution is 2.33. The summed E-state index contributed by atoms with van der Waals surface area (Å²) in [5.74, 6) is 0.0284. The van der Waals surface area contributed by atoms with E-state index in [-0.39, 0.29) is 24.3 Å². The van der Waals surface area contributed by atoms with Gasteiger partial charge in [-0.2, -0.15) is 0 Å². The molecule has 0 aromatic heterocycles. The summed E-state index contributed by atoms with van der Waals surface area (Å²) < 4.78 is 5.40. The molecule has 2 N–H and O–H groups in total. The standard InChI is InChI=1S/C24H21N3O4/c1-27-20-13-19(11-12-21(20)31-15-22(27)28)26-24(30)18-9-7-16(8-10-18)14-25-23(29)17-5-3-2-4-6-17/h2-13H,14-15H2,1H3,(H,25,29)(H,26,30). The van der Waals surface area contributed by atoms with Crippen molar-refractivity contribution in [1.82, 2.24) is 5.32 Å². The number of hydrogen-bond acceptors (Lipinski definition) is 4. The first-order valence-corrected chi connectivity index (χ1v) is 9.78. The number of carbonyl (C=O) groups excluding carboxylic acids is 3. The Kier molecular flexibility index (Phi) is 5.66. The second kappa shape index (κ2) is 8.71. The van der Waals surface area contributed by atoms with Gasteiger partial charge in [-0.15, -0.1) is 0 Å². The summed E-state index contributed by atoms with van der Waals surface area (Å²) in [4.78, 5) is 38.0. The van der Waals surface area contributed by atoms with Crippen LogP contribution in [0.4, 0.5) is 11.4 Å². The molecule has 31 heavy (non-hydrogen) atoms. The zero-order valence-corrected chi connectivity index (χ0v) is 16.9. The fraction of sp³-hybridized carbons (Fsp3) is 0.125. The molecule has 0 bridgehead atoms. The van der Waals surface area contributed by atoms with Crippen LogP contribution >= 0.6 is 0 Å². The Hall–Kier alpha value is -4.13. The zero-order valence-electron chi connectivity index (χ0n) is 16.9. The van der Waals surface area contributed by atoms with Crippen LogP contribution in [0.25, 0.3) is 0 Å². The molecule has 0 fully saturated rings. The molecule has 7 heteroatoms. The Morgan fingerprint density at radius 2 is 1.65 bits per heavy atom. The van der Waals surface area contributed by atoms with Crippen LogP contribution in [0.1, 0.15) is 26.3 Å². The zero-order chi connectivity index (χ0) is 21.8. The van der Waals surface area contributed by atoms with Gasteiger partial charge < -0.3 is 20.3 Å². The number of benzene rings is 3. The minimum absolute atomic E-state index is 0.00730. The highest BCUT2D eigenvalue weighted by molar-refractivity contribution is 6.05. The molecule has 0 spiro atoms. The van der Waals surface area contributed by atoms with E-state index in [9.17, 15) is 14.4 Å². The third-order valence-corrected chi connectivity index (χ3v) is 5.01. The van der Waals surface area contributed by atoms with Crippen LogP contribution in [0.5, 0.6) is 5.75 Å². The molecule has 156 valence electrons. The summed E-state index contributed by atoms with van der Waals surface area (Å²) in [5.41, 5.74) is 3.14. The fourth-order valence-electron chi connectivity index (χ4n) is 3.20. The lowest BCUT2D eigenvalue weighted by atomic mass is 10.1.